The summed E-state index contributed by atoms with van der Waals surface area (Å²) in [5.41, 5.74) is 1.43. The van der Waals surface area contributed by atoms with E-state index in [4.69, 9.17) is 16.3 Å². The maximum atomic E-state index is 10.2. The summed E-state index contributed by atoms with van der Waals surface area (Å²) < 4.78 is 6.97. The zero-order valence-corrected chi connectivity index (χ0v) is 14.7. The molecule has 1 aliphatic rings. The second-order valence-corrected chi connectivity index (χ2v) is 6.36. The van der Waals surface area contributed by atoms with Crippen LogP contribution in [0.2, 0.25) is 5.15 Å². The number of hydrogen-bond donors (Lipinski definition) is 3. The largest absolute Gasteiger partial charge is 0.394 e. The predicted molar refractivity (Wildman–Crippen MR) is 95.8 cm³/mol. The van der Waals surface area contributed by atoms with Crippen LogP contribution in [0.15, 0.2) is 36.7 Å². The molecule has 0 bridgehead atoms. The molecule has 1 aromatic carbocycles. The Morgan fingerprint density at radius 1 is 1.11 bits per heavy atom. The van der Waals surface area contributed by atoms with Crippen LogP contribution in [-0.2, 0) is 4.74 Å². The predicted octanol–water partition coefficient (Wildman–Crippen LogP) is 0.491. The smallest absolute Gasteiger partial charge is 0.208 e. The van der Waals surface area contributed by atoms with Crippen LogP contribution in [0.4, 0.5) is 0 Å². The lowest BCUT2D eigenvalue weighted by atomic mass is 10.1. The highest BCUT2D eigenvalue weighted by atomic mass is 35.5. The van der Waals surface area contributed by atoms with Gasteiger partial charge in [-0.15, -0.1) is 0 Å². The topological polar surface area (TPSA) is 114 Å². The quantitative estimate of drug-likeness (QED) is 0.434. The van der Waals surface area contributed by atoms with E-state index in [1.807, 2.05) is 30.3 Å². The van der Waals surface area contributed by atoms with Crippen LogP contribution < -0.4 is 0 Å². The highest BCUT2D eigenvalue weighted by Gasteiger charge is 2.44. The first kappa shape index (κ1) is 17.9. The van der Waals surface area contributed by atoms with Crippen molar-refractivity contribution in [1.29, 1.82) is 0 Å². The maximum Gasteiger partial charge on any atom is 0.208 e. The number of aliphatic hydroxyl groups excluding tert-OH is 3. The zero-order valence-electron chi connectivity index (χ0n) is 13.9. The SMILES string of the molecule is OC[C@H]1O[C@@H](n2cnc3c(Cl)nc(C#Cc4ccccc4)nc32)[C@H](O)[C@@H]1O. The van der Waals surface area contributed by atoms with Gasteiger partial charge in [0, 0.05) is 5.56 Å². The molecule has 1 aliphatic heterocycles. The van der Waals surface area contributed by atoms with Crippen LogP contribution in [0.3, 0.4) is 0 Å². The Bertz CT molecular complexity index is 1030. The summed E-state index contributed by atoms with van der Waals surface area (Å²) in [6, 6.07) is 9.35. The number of hydrogen-bond acceptors (Lipinski definition) is 7. The van der Waals surface area contributed by atoms with Gasteiger partial charge in [-0.2, -0.15) is 0 Å². The molecule has 1 fully saturated rings. The third kappa shape index (κ3) is 3.27. The molecule has 0 saturated carbocycles. The van der Waals surface area contributed by atoms with E-state index in [-0.39, 0.29) is 11.0 Å². The summed E-state index contributed by atoms with van der Waals surface area (Å²) in [7, 11) is 0. The average Bonchev–Trinajstić information content (AvgIpc) is 3.23. The third-order valence-electron chi connectivity index (χ3n) is 4.26. The van der Waals surface area contributed by atoms with Gasteiger partial charge in [0.2, 0.25) is 5.82 Å². The Morgan fingerprint density at radius 2 is 1.89 bits per heavy atom. The highest BCUT2D eigenvalue weighted by Crippen LogP contribution is 2.32. The van der Waals surface area contributed by atoms with Crippen molar-refractivity contribution in [2.45, 2.75) is 24.5 Å². The van der Waals surface area contributed by atoms with Crippen molar-refractivity contribution >= 4 is 22.8 Å². The summed E-state index contributed by atoms with van der Waals surface area (Å²) in [4.78, 5) is 12.7. The molecule has 8 nitrogen and oxygen atoms in total. The monoisotopic (exact) mass is 386 g/mol. The standard InChI is InChI=1S/C18H15ClN4O4/c19-16-13-17(22-12(21-16)7-6-10-4-2-1-3-5-10)23(9-20-13)18-15(26)14(25)11(8-24)27-18/h1-5,9,11,14-15,18,24-26H,8H2/t11-,14-,15-,18-/m1/s1. The van der Waals surface area contributed by atoms with E-state index in [1.165, 1.54) is 10.9 Å². The van der Waals surface area contributed by atoms with E-state index in [2.05, 4.69) is 26.8 Å². The Balaban J connectivity index is 1.74. The summed E-state index contributed by atoms with van der Waals surface area (Å²) in [5, 5.41) is 29.6. The molecular weight excluding hydrogens is 372 g/mol. The Kier molecular flexibility index (Phi) is 4.78. The average molecular weight is 387 g/mol. The Hall–Kier alpha value is -2.54. The van der Waals surface area contributed by atoms with E-state index in [9.17, 15) is 15.3 Å². The highest BCUT2D eigenvalue weighted by molar-refractivity contribution is 6.33. The third-order valence-corrected chi connectivity index (χ3v) is 4.53. The van der Waals surface area contributed by atoms with Gasteiger partial charge in [0.25, 0.3) is 0 Å². The van der Waals surface area contributed by atoms with Crippen molar-refractivity contribution in [3.05, 3.63) is 53.2 Å². The van der Waals surface area contributed by atoms with Crippen LogP contribution >= 0.6 is 11.6 Å². The van der Waals surface area contributed by atoms with E-state index >= 15 is 0 Å². The van der Waals surface area contributed by atoms with E-state index < -0.39 is 31.1 Å². The number of rotatable bonds is 2. The fraction of sp³-hybridized carbons (Fsp3) is 0.278. The molecule has 138 valence electrons. The minimum atomic E-state index is -1.26. The van der Waals surface area contributed by atoms with Crippen molar-refractivity contribution in [1.82, 2.24) is 19.5 Å². The lowest BCUT2D eigenvalue weighted by molar-refractivity contribution is -0.0511. The summed E-state index contributed by atoms with van der Waals surface area (Å²) >= 11 is 6.20. The number of imidazole rings is 1. The van der Waals surface area contributed by atoms with E-state index in [1.54, 1.807) is 0 Å². The van der Waals surface area contributed by atoms with Crippen LogP contribution in [0.25, 0.3) is 11.2 Å². The first-order valence-corrected chi connectivity index (χ1v) is 8.56. The van der Waals surface area contributed by atoms with Gasteiger partial charge in [-0.05, 0) is 18.1 Å². The van der Waals surface area contributed by atoms with Crippen LogP contribution in [0.1, 0.15) is 17.6 Å². The normalized spacial score (nSPS) is 24.7. The van der Waals surface area contributed by atoms with Crippen molar-refractivity contribution in [3.8, 4) is 11.8 Å². The molecule has 3 N–H and O–H groups in total. The minimum absolute atomic E-state index is 0.114. The lowest BCUT2D eigenvalue weighted by Gasteiger charge is -2.16. The van der Waals surface area contributed by atoms with E-state index in [0.717, 1.165) is 5.56 Å². The number of benzene rings is 1. The fourth-order valence-corrected chi connectivity index (χ4v) is 3.10. The number of aromatic nitrogens is 4. The van der Waals surface area contributed by atoms with Crippen LogP contribution in [-0.4, -0.2) is 59.8 Å². The zero-order chi connectivity index (χ0) is 19.0. The molecule has 1 saturated heterocycles. The molecular formula is C18H15ClN4O4. The Labute approximate surface area is 159 Å². The van der Waals surface area contributed by atoms with E-state index in [0.29, 0.717) is 11.2 Å². The molecule has 3 heterocycles. The van der Waals surface area contributed by atoms with Gasteiger partial charge in [0.15, 0.2) is 17.0 Å². The number of ether oxygens (including phenoxy) is 1. The first-order valence-electron chi connectivity index (χ1n) is 8.18. The fourth-order valence-electron chi connectivity index (χ4n) is 2.88. The number of aliphatic hydroxyl groups is 3. The number of nitrogens with zero attached hydrogens (tertiary/aromatic N) is 4. The van der Waals surface area contributed by atoms with Gasteiger partial charge < -0.3 is 20.1 Å². The van der Waals surface area contributed by atoms with Crippen molar-refractivity contribution in [2.75, 3.05) is 6.61 Å². The van der Waals surface area contributed by atoms with Crippen LogP contribution in [0.5, 0.6) is 0 Å². The van der Waals surface area contributed by atoms with Gasteiger partial charge in [-0.3, -0.25) is 4.57 Å². The van der Waals surface area contributed by atoms with Crippen molar-refractivity contribution in [2.24, 2.45) is 0 Å². The van der Waals surface area contributed by atoms with Crippen LogP contribution in [0, 0.1) is 11.8 Å². The molecule has 9 heteroatoms. The molecule has 27 heavy (non-hydrogen) atoms. The van der Waals surface area contributed by atoms with Gasteiger partial charge >= 0.3 is 0 Å². The summed E-state index contributed by atoms with van der Waals surface area (Å²) in [6.07, 6.45) is -2.97. The van der Waals surface area contributed by atoms with Gasteiger partial charge in [-0.1, -0.05) is 35.7 Å². The van der Waals surface area contributed by atoms with Gasteiger partial charge in [0.1, 0.15) is 23.8 Å². The molecule has 2 aromatic heterocycles. The molecule has 4 atom stereocenters. The van der Waals surface area contributed by atoms with Crippen molar-refractivity contribution in [3.63, 3.8) is 0 Å². The number of fused-ring (bicyclic) bond motifs is 1. The molecule has 4 rings (SSSR count). The summed E-state index contributed by atoms with van der Waals surface area (Å²) in [5.74, 6) is 5.99. The van der Waals surface area contributed by atoms with Gasteiger partial charge in [0.05, 0.1) is 12.9 Å². The first-order chi connectivity index (χ1) is 13.1. The minimum Gasteiger partial charge on any atom is -0.394 e. The maximum absolute atomic E-state index is 10.2. The second kappa shape index (κ2) is 7.23. The molecule has 3 aromatic rings. The molecule has 0 aliphatic carbocycles. The van der Waals surface area contributed by atoms with Gasteiger partial charge in [-0.25, -0.2) is 15.0 Å². The lowest BCUT2D eigenvalue weighted by Crippen LogP contribution is -2.33. The molecule has 0 radical (unpaired) electrons. The summed E-state index contributed by atoms with van der Waals surface area (Å²) in [6.45, 7) is -0.426. The molecule has 0 unspecified atom stereocenters. The Morgan fingerprint density at radius 3 is 2.59 bits per heavy atom. The molecule has 0 amide bonds. The van der Waals surface area contributed by atoms with Crippen molar-refractivity contribution < 1.29 is 20.1 Å². The molecule has 0 spiro atoms. The second-order valence-electron chi connectivity index (χ2n) is 6.01. The number of halogens is 1.